The molecule has 0 aliphatic rings. The minimum absolute atomic E-state index is 0.0886. The SMILES string of the molecule is CC(NC(=O)C(C)(C)C)C(=O)NCC(c1ccccc1)N(C)C. The second kappa shape index (κ2) is 8.11. The van der Waals surface area contributed by atoms with E-state index in [1.807, 2.05) is 65.2 Å². The van der Waals surface area contributed by atoms with Gasteiger partial charge in [-0.1, -0.05) is 51.1 Å². The Morgan fingerprint density at radius 3 is 2.17 bits per heavy atom. The van der Waals surface area contributed by atoms with Gasteiger partial charge in [0.05, 0.1) is 6.04 Å². The van der Waals surface area contributed by atoms with Crippen LogP contribution in [0.5, 0.6) is 0 Å². The molecule has 1 aromatic carbocycles. The van der Waals surface area contributed by atoms with Gasteiger partial charge >= 0.3 is 0 Å². The fraction of sp³-hybridized carbons (Fsp3) is 0.556. The van der Waals surface area contributed by atoms with Crippen molar-refractivity contribution < 1.29 is 9.59 Å². The van der Waals surface area contributed by atoms with Gasteiger partial charge in [0.1, 0.15) is 6.04 Å². The number of likely N-dealkylation sites (N-methyl/N-ethyl adjacent to an activating group) is 1. The summed E-state index contributed by atoms with van der Waals surface area (Å²) in [5.41, 5.74) is 0.634. The van der Waals surface area contributed by atoms with E-state index in [-0.39, 0.29) is 17.9 Å². The van der Waals surface area contributed by atoms with Crippen LogP contribution in [0.2, 0.25) is 0 Å². The van der Waals surface area contributed by atoms with Crippen molar-refractivity contribution in [1.82, 2.24) is 15.5 Å². The van der Waals surface area contributed by atoms with Gasteiger partial charge in [-0.2, -0.15) is 0 Å². The molecule has 0 saturated heterocycles. The molecule has 5 nitrogen and oxygen atoms in total. The molecule has 2 amide bonds. The van der Waals surface area contributed by atoms with Crippen molar-refractivity contribution in [2.75, 3.05) is 20.6 Å². The van der Waals surface area contributed by atoms with E-state index in [9.17, 15) is 9.59 Å². The van der Waals surface area contributed by atoms with E-state index < -0.39 is 11.5 Å². The quantitative estimate of drug-likeness (QED) is 0.842. The molecule has 128 valence electrons. The summed E-state index contributed by atoms with van der Waals surface area (Å²) in [4.78, 5) is 26.2. The highest BCUT2D eigenvalue weighted by molar-refractivity contribution is 5.89. The van der Waals surface area contributed by atoms with Crippen molar-refractivity contribution in [3.8, 4) is 0 Å². The van der Waals surface area contributed by atoms with Crippen LogP contribution < -0.4 is 10.6 Å². The van der Waals surface area contributed by atoms with E-state index in [2.05, 4.69) is 15.5 Å². The van der Waals surface area contributed by atoms with Crippen LogP contribution in [0.1, 0.15) is 39.3 Å². The molecule has 2 unspecified atom stereocenters. The van der Waals surface area contributed by atoms with Crippen molar-refractivity contribution in [2.45, 2.75) is 39.8 Å². The molecule has 1 aromatic rings. The lowest BCUT2D eigenvalue weighted by Gasteiger charge is -2.26. The second-order valence-corrected chi connectivity index (χ2v) is 7.08. The van der Waals surface area contributed by atoms with Crippen molar-refractivity contribution >= 4 is 11.8 Å². The number of hydrogen-bond acceptors (Lipinski definition) is 3. The number of rotatable bonds is 6. The van der Waals surface area contributed by atoms with Crippen LogP contribution in [0, 0.1) is 5.41 Å². The fourth-order valence-electron chi connectivity index (χ4n) is 2.10. The maximum Gasteiger partial charge on any atom is 0.242 e. The zero-order valence-electron chi connectivity index (χ0n) is 15.0. The number of benzene rings is 1. The lowest BCUT2D eigenvalue weighted by molar-refractivity contribution is -0.133. The third-order valence-electron chi connectivity index (χ3n) is 3.70. The van der Waals surface area contributed by atoms with Crippen LogP contribution in [0.15, 0.2) is 30.3 Å². The lowest BCUT2D eigenvalue weighted by atomic mass is 9.95. The van der Waals surface area contributed by atoms with Crippen molar-refractivity contribution in [3.63, 3.8) is 0 Å². The number of hydrogen-bond donors (Lipinski definition) is 2. The number of carbonyl (C=O) groups excluding carboxylic acids is 2. The molecule has 0 heterocycles. The number of nitrogens with zero attached hydrogens (tertiary/aromatic N) is 1. The molecule has 0 fully saturated rings. The Kier molecular flexibility index (Phi) is 6.76. The first-order valence-electron chi connectivity index (χ1n) is 7.93. The van der Waals surface area contributed by atoms with Gasteiger partial charge in [0.2, 0.25) is 11.8 Å². The summed E-state index contributed by atoms with van der Waals surface area (Å²) in [6.45, 7) is 7.66. The zero-order valence-corrected chi connectivity index (χ0v) is 15.0. The normalized spacial score (nSPS) is 14.2. The van der Waals surface area contributed by atoms with Crippen molar-refractivity contribution in [1.29, 1.82) is 0 Å². The Hall–Kier alpha value is -1.88. The maximum absolute atomic E-state index is 12.2. The first-order chi connectivity index (χ1) is 10.6. The molecule has 0 bridgehead atoms. The second-order valence-electron chi connectivity index (χ2n) is 7.08. The fourth-order valence-corrected chi connectivity index (χ4v) is 2.10. The third kappa shape index (κ3) is 6.02. The van der Waals surface area contributed by atoms with E-state index in [0.717, 1.165) is 5.56 Å². The summed E-state index contributed by atoms with van der Waals surface area (Å²) in [5.74, 6) is -0.308. The van der Waals surface area contributed by atoms with Crippen LogP contribution in [-0.2, 0) is 9.59 Å². The first-order valence-corrected chi connectivity index (χ1v) is 7.93. The summed E-state index contributed by atoms with van der Waals surface area (Å²) in [6.07, 6.45) is 0. The highest BCUT2D eigenvalue weighted by atomic mass is 16.2. The largest absolute Gasteiger partial charge is 0.352 e. The summed E-state index contributed by atoms with van der Waals surface area (Å²) < 4.78 is 0. The van der Waals surface area contributed by atoms with E-state index in [1.54, 1.807) is 6.92 Å². The molecule has 23 heavy (non-hydrogen) atoms. The van der Waals surface area contributed by atoms with Gasteiger partial charge in [0, 0.05) is 12.0 Å². The third-order valence-corrected chi connectivity index (χ3v) is 3.70. The van der Waals surface area contributed by atoms with Crippen LogP contribution >= 0.6 is 0 Å². The van der Waals surface area contributed by atoms with Crippen LogP contribution in [0.4, 0.5) is 0 Å². The van der Waals surface area contributed by atoms with Crippen LogP contribution in [0.25, 0.3) is 0 Å². The van der Waals surface area contributed by atoms with Gasteiger partial charge in [-0.05, 0) is 26.6 Å². The average Bonchev–Trinajstić information content (AvgIpc) is 2.46. The highest BCUT2D eigenvalue weighted by Crippen LogP contribution is 2.17. The van der Waals surface area contributed by atoms with Gasteiger partial charge in [0.15, 0.2) is 0 Å². The smallest absolute Gasteiger partial charge is 0.242 e. The predicted octanol–water partition coefficient (Wildman–Crippen LogP) is 1.96. The van der Waals surface area contributed by atoms with E-state index in [4.69, 9.17) is 0 Å². The highest BCUT2D eigenvalue weighted by Gasteiger charge is 2.25. The summed E-state index contributed by atoms with van der Waals surface area (Å²) in [6, 6.07) is 9.56. The number of nitrogens with one attached hydrogen (secondary N) is 2. The predicted molar refractivity (Wildman–Crippen MR) is 92.9 cm³/mol. The van der Waals surface area contributed by atoms with Gasteiger partial charge in [-0.3, -0.25) is 9.59 Å². The van der Waals surface area contributed by atoms with Gasteiger partial charge < -0.3 is 15.5 Å². The summed E-state index contributed by atoms with van der Waals surface area (Å²) in [7, 11) is 3.96. The zero-order chi connectivity index (χ0) is 17.6. The Morgan fingerprint density at radius 1 is 1.13 bits per heavy atom. The molecule has 2 atom stereocenters. The summed E-state index contributed by atoms with van der Waals surface area (Å²) >= 11 is 0. The molecule has 0 aromatic heterocycles. The topological polar surface area (TPSA) is 61.4 Å². The minimum atomic E-state index is -0.555. The Bertz CT molecular complexity index is 521. The van der Waals surface area contributed by atoms with Crippen molar-refractivity contribution in [2.24, 2.45) is 5.41 Å². The Labute approximate surface area is 139 Å². The Balaban J connectivity index is 2.61. The lowest BCUT2D eigenvalue weighted by Crippen LogP contribution is -2.49. The van der Waals surface area contributed by atoms with E-state index in [0.29, 0.717) is 6.54 Å². The minimum Gasteiger partial charge on any atom is -0.352 e. The van der Waals surface area contributed by atoms with Gasteiger partial charge in [-0.15, -0.1) is 0 Å². The monoisotopic (exact) mass is 319 g/mol. The molecule has 1 rings (SSSR count). The number of carbonyl (C=O) groups is 2. The summed E-state index contributed by atoms with van der Waals surface area (Å²) in [5, 5.41) is 5.67. The van der Waals surface area contributed by atoms with Crippen LogP contribution in [0.3, 0.4) is 0 Å². The van der Waals surface area contributed by atoms with Crippen LogP contribution in [-0.4, -0.2) is 43.4 Å². The molecule has 0 aliphatic heterocycles. The standard InChI is InChI=1S/C18H29N3O2/c1-13(20-17(23)18(2,3)4)16(22)19-12-15(21(5)6)14-10-8-7-9-11-14/h7-11,13,15H,12H2,1-6H3,(H,19,22)(H,20,23). The average molecular weight is 319 g/mol. The van der Waals surface area contributed by atoms with E-state index in [1.165, 1.54) is 0 Å². The number of amides is 2. The molecular formula is C18H29N3O2. The molecule has 0 aliphatic carbocycles. The molecule has 2 N–H and O–H groups in total. The molecule has 5 heteroatoms. The Morgan fingerprint density at radius 2 is 1.70 bits per heavy atom. The van der Waals surface area contributed by atoms with Gasteiger partial charge in [0.25, 0.3) is 0 Å². The molecular weight excluding hydrogens is 290 g/mol. The van der Waals surface area contributed by atoms with E-state index >= 15 is 0 Å². The molecule has 0 spiro atoms. The molecule has 0 saturated carbocycles. The molecule has 0 radical (unpaired) electrons. The maximum atomic E-state index is 12.2. The first kappa shape index (κ1) is 19.2. The van der Waals surface area contributed by atoms with Gasteiger partial charge in [-0.25, -0.2) is 0 Å². The van der Waals surface area contributed by atoms with Crippen molar-refractivity contribution in [3.05, 3.63) is 35.9 Å².